The molecule has 1 atom stereocenters. The third kappa shape index (κ3) is 4.49. The lowest BCUT2D eigenvalue weighted by Gasteiger charge is -2.11. The van der Waals surface area contributed by atoms with Crippen molar-refractivity contribution in [3.8, 4) is 0 Å². The number of hydrogen-bond acceptors (Lipinski definition) is 2. The molecule has 0 aliphatic carbocycles. The molecule has 0 N–H and O–H groups in total. The number of Topliss-reactive ketones (excluding diaryl/α,β-unsaturated/α-hetero) is 1. The molecule has 0 heterocycles. The second-order valence-corrected chi connectivity index (χ2v) is 3.82. The number of hydrogen-bond donors (Lipinski definition) is 0. The standard InChI is InChI=1S/C14H17FO2/c1-3-4-5-10-17-11(2)14(16)12-6-8-13(15)9-7-12/h3,6-9,11H,1,4-5,10H2,2H3. The highest BCUT2D eigenvalue weighted by Crippen LogP contribution is 2.08. The Balaban J connectivity index is 2.46. The minimum Gasteiger partial charge on any atom is -0.370 e. The number of rotatable bonds is 7. The van der Waals surface area contributed by atoms with Gasteiger partial charge < -0.3 is 4.74 Å². The van der Waals surface area contributed by atoms with Crippen LogP contribution in [-0.4, -0.2) is 18.5 Å². The Morgan fingerprint density at radius 1 is 1.47 bits per heavy atom. The van der Waals surface area contributed by atoms with Crippen LogP contribution in [0.15, 0.2) is 36.9 Å². The van der Waals surface area contributed by atoms with Gasteiger partial charge in [-0.3, -0.25) is 4.79 Å². The average molecular weight is 236 g/mol. The predicted molar refractivity (Wildman–Crippen MR) is 65.6 cm³/mol. The van der Waals surface area contributed by atoms with Crippen LogP contribution >= 0.6 is 0 Å². The van der Waals surface area contributed by atoms with E-state index in [4.69, 9.17) is 4.74 Å². The van der Waals surface area contributed by atoms with E-state index in [2.05, 4.69) is 6.58 Å². The Labute approximate surface area is 101 Å². The third-order valence-electron chi connectivity index (χ3n) is 2.42. The van der Waals surface area contributed by atoms with Crippen LogP contribution in [0.1, 0.15) is 30.1 Å². The summed E-state index contributed by atoms with van der Waals surface area (Å²) < 4.78 is 18.1. The lowest BCUT2D eigenvalue weighted by molar-refractivity contribution is 0.0471. The van der Waals surface area contributed by atoms with E-state index in [0.717, 1.165) is 12.8 Å². The number of carbonyl (C=O) groups excluding carboxylic acids is 1. The summed E-state index contributed by atoms with van der Waals surface area (Å²) in [6.45, 7) is 5.85. The highest BCUT2D eigenvalue weighted by atomic mass is 19.1. The summed E-state index contributed by atoms with van der Waals surface area (Å²) in [5.74, 6) is -0.468. The fourth-order valence-corrected chi connectivity index (χ4v) is 1.41. The van der Waals surface area contributed by atoms with Crippen LogP contribution in [0.4, 0.5) is 4.39 Å². The average Bonchev–Trinajstić information content (AvgIpc) is 2.34. The minimum atomic E-state index is -0.495. The van der Waals surface area contributed by atoms with E-state index >= 15 is 0 Å². The van der Waals surface area contributed by atoms with Crippen LogP contribution in [-0.2, 0) is 4.74 Å². The maximum atomic E-state index is 12.7. The topological polar surface area (TPSA) is 26.3 Å². The molecular weight excluding hydrogens is 219 g/mol. The number of benzene rings is 1. The van der Waals surface area contributed by atoms with Crippen LogP contribution in [0.3, 0.4) is 0 Å². The molecule has 0 radical (unpaired) electrons. The van der Waals surface area contributed by atoms with Gasteiger partial charge in [-0.15, -0.1) is 6.58 Å². The van der Waals surface area contributed by atoms with Gasteiger partial charge in [-0.25, -0.2) is 4.39 Å². The molecule has 0 aromatic heterocycles. The van der Waals surface area contributed by atoms with Gasteiger partial charge in [0.05, 0.1) is 0 Å². The van der Waals surface area contributed by atoms with Gasteiger partial charge in [0.25, 0.3) is 0 Å². The molecule has 1 aromatic rings. The van der Waals surface area contributed by atoms with Crippen molar-refractivity contribution < 1.29 is 13.9 Å². The Kier molecular flexibility index (Phi) is 5.57. The smallest absolute Gasteiger partial charge is 0.191 e. The second kappa shape index (κ2) is 6.97. The van der Waals surface area contributed by atoms with Gasteiger partial charge >= 0.3 is 0 Å². The Hall–Kier alpha value is -1.48. The molecule has 0 saturated heterocycles. The van der Waals surface area contributed by atoms with Gasteiger partial charge in [0, 0.05) is 12.2 Å². The van der Waals surface area contributed by atoms with Gasteiger partial charge in [0.1, 0.15) is 11.9 Å². The van der Waals surface area contributed by atoms with E-state index in [1.54, 1.807) is 6.92 Å². The number of allylic oxidation sites excluding steroid dienone is 1. The van der Waals surface area contributed by atoms with Crippen LogP contribution in [0.25, 0.3) is 0 Å². The van der Waals surface area contributed by atoms with Crippen molar-refractivity contribution in [2.45, 2.75) is 25.9 Å². The summed E-state index contributed by atoms with van der Waals surface area (Å²) >= 11 is 0. The number of ketones is 1. The number of unbranched alkanes of at least 4 members (excludes halogenated alkanes) is 1. The summed E-state index contributed by atoms with van der Waals surface area (Å²) in [6.07, 6.45) is 3.04. The van der Waals surface area contributed by atoms with Crippen LogP contribution < -0.4 is 0 Å². The zero-order valence-corrected chi connectivity index (χ0v) is 9.99. The Morgan fingerprint density at radius 3 is 2.71 bits per heavy atom. The Bertz CT molecular complexity index is 370. The van der Waals surface area contributed by atoms with Crippen molar-refractivity contribution in [1.82, 2.24) is 0 Å². The molecule has 0 spiro atoms. The molecule has 3 heteroatoms. The summed E-state index contributed by atoms with van der Waals surface area (Å²) in [6, 6.07) is 5.50. The highest BCUT2D eigenvalue weighted by molar-refractivity contribution is 5.99. The molecule has 17 heavy (non-hydrogen) atoms. The first-order valence-corrected chi connectivity index (χ1v) is 5.67. The van der Waals surface area contributed by atoms with Gasteiger partial charge in [-0.1, -0.05) is 6.08 Å². The molecule has 92 valence electrons. The van der Waals surface area contributed by atoms with E-state index in [1.807, 2.05) is 6.08 Å². The van der Waals surface area contributed by atoms with Gasteiger partial charge in [0.15, 0.2) is 5.78 Å². The van der Waals surface area contributed by atoms with E-state index in [0.29, 0.717) is 12.2 Å². The van der Waals surface area contributed by atoms with Crippen molar-refractivity contribution in [2.75, 3.05) is 6.61 Å². The third-order valence-corrected chi connectivity index (χ3v) is 2.42. The zero-order valence-electron chi connectivity index (χ0n) is 9.99. The van der Waals surface area contributed by atoms with Crippen molar-refractivity contribution in [1.29, 1.82) is 0 Å². The largest absolute Gasteiger partial charge is 0.370 e. The molecule has 0 amide bonds. The summed E-state index contributed by atoms with van der Waals surface area (Å²) in [4.78, 5) is 11.9. The summed E-state index contributed by atoms with van der Waals surface area (Å²) in [5, 5.41) is 0. The quantitative estimate of drug-likeness (QED) is 0.412. The van der Waals surface area contributed by atoms with Crippen molar-refractivity contribution >= 4 is 5.78 Å². The fraction of sp³-hybridized carbons (Fsp3) is 0.357. The molecule has 0 aliphatic rings. The molecule has 1 rings (SSSR count). The van der Waals surface area contributed by atoms with Gasteiger partial charge in [-0.05, 0) is 44.0 Å². The molecule has 1 unspecified atom stereocenters. The normalized spacial score (nSPS) is 12.1. The van der Waals surface area contributed by atoms with E-state index in [1.165, 1.54) is 24.3 Å². The van der Waals surface area contributed by atoms with Crippen molar-refractivity contribution in [3.05, 3.63) is 48.3 Å². The molecule has 0 fully saturated rings. The summed E-state index contributed by atoms with van der Waals surface area (Å²) in [5.41, 5.74) is 0.475. The van der Waals surface area contributed by atoms with Crippen LogP contribution in [0.5, 0.6) is 0 Å². The lowest BCUT2D eigenvalue weighted by Crippen LogP contribution is -2.21. The van der Waals surface area contributed by atoms with Gasteiger partial charge in [0.2, 0.25) is 0 Å². The molecule has 1 aromatic carbocycles. The monoisotopic (exact) mass is 236 g/mol. The van der Waals surface area contributed by atoms with Crippen molar-refractivity contribution in [3.63, 3.8) is 0 Å². The number of carbonyl (C=O) groups is 1. The first kappa shape index (κ1) is 13.6. The molecular formula is C14H17FO2. The maximum Gasteiger partial charge on any atom is 0.191 e. The van der Waals surface area contributed by atoms with E-state index in [-0.39, 0.29) is 11.6 Å². The van der Waals surface area contributed by atoms with Crippen molar-refractivity contribution in [2.24, 2.45) is 0 Å². The first-order chi connectivity index (χ1) is 8.15. The molecule has 0 saturated carbocycles. The Morgan fingerprint density at radius 2 is 2.12 bits per heavy atom. The second-order valence-electron chi connectivity index (χ2n) is 3.82. The number of halogens is 1. The predicted octanol–water partition coefficient (Wildman–Crippen LogP) is 3.38. The fourth-order valence-electron chi connectivity index (χ4n) is 1.41. The highest BCUT2D eigenvalue weighted by Gasteiger charge is 2.15. The summed E-state index contributed by atoms with van der Waals surface area (Å²) in [7, 11) is 0. The van der Waals surface area contributed by atoms with Crippen LogP contribution in [0, 0.1) is 5.82 Å². The molecule has 2 nitrogen and oxygen atoms in total. The number of ether oxygens (including phenoxy) is 1. The minimum absolute atomic E-state index is 0.122. The van der Waals surface area contributed by atoms with E-state index in [9.17, 15) is 9.18 Å². The lowest BCUT2D eigenvalue weighted by atomic mass is 10.1. The maximum absolute atomic E-state index is 12.7. The van der Waals surface area contributed by atoms with Crippen LogP contribution in [0.2, 0.25) is 0 Å². The molecule has 0 aliphatic heterocycles. The first-order valence-electron chi connectivity index (χ1n) is 5.67. The zero-order chi connectivity index (χ0) is 12.7. The SMILES string of the molecule is C=CCCCOC(C)C(=O)c1ccc(F)cc1. The molecule has 0 bridgehead atoms. The van der Waals surface area contributed by atoms with E-state index < -0.39 is 6.10 Å². The van der Waals surface area contributed by atoms with Gasteiger partial charge in [-0.2, -0.15) is 0 Å².